The Morgan fingerprint density at radius 2 is 2.16 bits per heavy atom. The van der Waals surface area contributed by atoms with Crippen LogP contribution in [-0.2, 0) is 19.4 Å². The molecule has 100 valence electrons. The molecule has 4 heteroatoms. The lowest BCUT2D eigenvalue weighted by Gasteiger charge is -2.06. The molecule has 1 aromatic heterocycles. The van der Waals surface area contributed by atoms with Gasteiger partial charge in [0.25, 0.3) is 0 Å². The van der Waals surface area contributed by atoms with E-state index in [-0.39, 0.29) is 5.69 Å². The zero-order valence-corrected chi connectivity index (χ0v) is 11.3. The van der Waals surface area contributed by atoms with Gasteiger partial charge in [-0.3, -0.25) is 4.68 Å². The second-order valence-electron chi connectivity index (χ2n) is 4.64. The van der Waals surface area contributed by atoms with E-state index >= 15 is 0 Å². The lowest BCUT2D eigenvalue weighted by molar-refractivity contribution is 0.0689. The smallest absolute Gasteiger partial charge is 0.356 e. The molecule has 0 saturated carbocycles. The summed E-state index contributed by atoms with van der Waals surface area (Å²) < 4.78 is 1.80. The minimum absolute atomic E-state index is 0.126. The van der Waals surface area contributed by atoms with E-state index in [1.54, 1.807) is 10.7 Å². The number of carbonyl (C=O) groups is 1. The molecule has 2 aromatic rings. The zero-order chi connectivity index (χ0) is 13.8. The van der Waals surface area contributed by atoms with E-state index in [1.165, 1.54) is 11.1 Å². The molecule has 1 heterocycles. The van der Waals surface area contributed by atoms with Gasteiger partial charge >= 0.3 is 5.97 Å². The van der Waals surface area contributed by atoms with Crippen molar-refractivity contribution in [3.05, 3.63) is 52.8 Å². The monoisotopic (exact) mass is 258 g/mol. The number of carboxylic acid groups (broad SMARTS) is 1. The lowest BCUT2D eigenvalue weighted by atomic mass is 10.1. The molecule has 0 unspecified atom stereocenters. The summed E-state index contributed by atoms with van der Waals surface area (Å²) in [5.74, 6) is -0.969. The highest BCUT2D eigenvalue weighted by molar-refractivity contribution is 5.85. The van der Waals surface area contributed by atoms with Gasteiger partial charge in [0.05, 0.1) is 0 Å². The minimum atomic E-state index is -0.969. The average molecular weight is 258 g/mol. The molecule has 0 radical (unpaired) electrons. The van der Waals surface area contributed by atoms with Gasteiger partial charge in [0.15, 0.2) is 5.69 Å². The summed E-state index contributed by atoms with van der Waals surface area (Å²) in [5.41, 5.74) is 3.57. The van der Waals surface area contributed by atoms with Crippen LogP contribution in [0.15, 0.2) is 30.3 Å². The highest BCUT2D eigenvalue weighted by Crippen LogP contribution is 2.09. The first-order valence-corrected chi connectivity index (χ1v) is 6.45. The normalized spacial score (nSPS) is 10.6. The van der Waals surface area contributed by atoms with Crippen molar-refractivity contribution < 1.29 is 9.90 Å². The summed E-state index contributed by atoms with van der Waals surface area (Å²) in [6, 6.07) is 9.99. The maximum absolute atomic E-state index is 10.9. The summed E-state index contributed by atoms with van der Waals surface area (Å²) in [6.45, 7) is 4.78. The van der Waals surface area contributed by atoms with E-state index in [4.69, 9.17) is 5.11 Å². The van der Waals surface area contributed by atoms with Crippen molar-refractivity contribution >= 4 is 5.97 Å². The molecule has 0 bridgehead atoms. The number of hydrogen-bond acceptors (Lipinski definition) is 2. The van der Waals surface area contributed by atoms with Crippen molar-refractivity contribution in [1.82, 2.24) is 9.78 Å². The van der Waals surface area contributed by atoms with E-state index in [1.807, 2.05) is 13.0 Å². The summed E-state index contributed by atoms with van der Waals surface area (Å²) in [4.78, 5) is 10.9. The molecule has 0 fully saturated rings. The number of nitrogens with zero attached hydrogens (tertiary/aromatic N) is 2. The fourth-order valence-electron chi connectivity index (χ4n) is 2.14. The van der Waals surface area contributed by atoms with Gasteiger partial charge in [-0.2, -0.15) is 5.10 Å². The van der Waals surface area contributed by atoms with Crippen molar-refractivity contribution in [2.75, 3.05) is 0 Å². The highest BCUT2D eigenvalue weighted by atomic mass is 16.4. The van der Waals surface area contributed by atoms with Crippen molar-refractivity contribution in [2.45, 2.75) is 33.2 Å². The maximum Gasteiger partial charge on any atom is 0.356 e. The second-order valence-corrected chi connectivity index (χ2v) is 4.64. The molecule has 0 spiro atoms. The van der Waals surface area contributed by atoms with Crippen LogP contribution in [0.4, 0.5) is 0 Å². The number of aromatic nitrogens is 2. The number of benzene rings is 1. The molecule has 0 saturated heterocycles. The van der Waals surface area contributed by atoms with Crippen LogP contribution in [0.1, 0.15) is 34.2 Å². The summed E-state index contributed by atoms with van der Waals surface area (Å²) in [6.07, 6.45) is 1.64. The molecular formula is C15H18N2O2. The Hall–Kier alpha value is -2.10. The van der Waals surface area contributed by atoms with E-state index < -0.39 is 5.97 Å². The van der Waals surface area contributed by atoms with Gasteiger partial charge in [0.1, 0.15) is 0 Å². The van der Waals surface area contributed by atoms with E-state index in [0.29, 0.717) is 6.54 Å². The number of carboxylic acids is 1. The van der Waals surface area contributed by atoms with Gasteiger partial charge in [0, 0.05) is 12.2 Å². The molecule has 0 aliphatic carbocycles. The molecule has 1 N–H and O–H groups in total. The van der Waals surface area contributed by atoms with Gasteiger partial charge in [-0.05, 0) is 31.4 Å². The molecule has 2 rings (SSSR count). The first-order chi connectivity index (χ1) is 9.10. The Kier molecular flexibility index (Phi) is 4.00. The largest absolute Gasteiger partial charge is 0.476 e. The van der Waals surface area contributed by atoms with Crippen LogP contribution in [0.2, 0.25) is 0 Å². The molecule has 0 aliphatic heterocycles. The Balaban J connectivity index is 2.12. The first kappa shape index (κ1) is 13.3. The Labute approximate surface area is 112 Å². The molecular weight excluding hydrogens is 240 g/mol. The third-order valence-electron chi connectivity index (χ3n) is 3.14. The van der Waals surface area contributed by atoms with Crippen molar-refractivity contribution in [1.29, 1.82) is 0 Å². The fraction of sp³-hybridized carbons (Fsp3) is 0.333. The van der Waals surface area contributed by atoms with E-state index in [0.717, 1.165) is 18.5 Å². The Morgan fingerprint density at radius 3 is 2.79 bits per heavy atom. The quantitative estimate of drug-likeness (QED) is 0.897. The highest BCUT2D eigenvalue weighted by Gasteiger charge is 2.11. The number of hydrogen-bond donors (Lipinski definition) is 1. The van der Waals surface area contributed by atoms with Gasteiger partial charge < -0.3 is 5.11 Å². The standard InChI is InChI=1S/C15H18N2O2/c1-3-13-10-14(15(18)19)16-17(13)8-7-12-6-4-5-11(2)9-12/h4-6,9-10H,3,7-8H2,1-2H3,(H,18,19). The summed E-state index contributed by atoms with van der Waals surface area (Å²) >= 11 is 0. The van der Waals surface area contributed by atoms with Crippen LogP contribution in [0.3, 0.4) is 0 Å². The van der Waals surface area contributed by atoms with Crippen LogP contribution in [0.25, 0.3) is 0 Å². The van der Waals surface area contributed by atoms with Gasteiger partial charge in [-0.1, -0.05) is 36.8 Å². The van der Waals surface area contributed by atoms with Gasteiger partial charge in [-0.15, -0.1) is 0 Å². The molecule has 0 atom stereocenters. The third-order valence-corrected chi connectivity index (χ3v) is 3.14. The first-order valence-electron chi connectivity index (χ1n) is 6.45. The zero-order valence-electron chi connectivity index (χ0n) is 11.3. The van der Waals surface area contributed by atoms with Gasteiger partial charge in [-0.25, -0.2) is 4.79 Å². The number of aryl methyl sites for hydroxylation is 4. The van der Waals surface area contributed by atoms with E-state index in [9.17, 15) is 4.79 Å². The summed E-state index contributed by atoms with van der Waals surface area (Å²) in [5, 5.41) is 13.1. The average Bonchev–Trinajstić information content (AvgIpc) is 2.80. The minimum Gasteiger partial charge on any atom is -0.476 e. The number of aromatic carboxylic acids is 1. The van der Waals surface area contributed by atoms with Crippen LogP contribution < -0.4 is 0 Å². The predicted molar refractivity (Wildman–Crippen MR) is 73.4 cm³/mol. The second kappa shape index (κ2) is 5.69. The topological polar surface area (TPSA) is 55.1 Å². The fourth-order valence-corrected chi connectivity index (χ4v) is 2.14. The summed E-state index contributed by atoms with van der Waals surface area (Å²) in [7, 11) is 0. The molecule has 19 heavy (non-hydrogen) atoms. The molecule has 0 aliphatic rings. The predicted octanol–water partition coefficient (Wildman–Crippen LogP) is 2.69. The molecule has 1 aromatic carbocycles. The van der Waals surface area contributed by atoms with Crippen molar-refractivity contribution in [2.24, 2.45) is 0 Å². The SMILES string of the molecule is CCc1cc(C(=O)O)nn1CCc1cccc(C)c1. The van der Waals surface area contributed by atoms with E-state index in [2.05, 4.69) is 30.2 Å². The number of rotatable bonds is 5. The van der Waals surface area contributed by atoms with Gasteiger partial charge in [0.2, 0.25) is 0 Å². The third kappa shape index (κ3) is 3.22. The maximum atomic E-state index is 10.9. The molecule has 0 amide bonds. The van der Waals surface area contributed by atoms with Crippen LogP contribution in [0.5, 0.6) is 0 Å². The van der Waals surface area contributed by atoms with Crippen LogP contribution >= 0.6 is 0 Å². The van der Waals surface area contributed by atoms with Crippen molar-refractivity contribution in [3.63, 3.8) is 0 Å². The molecule has 4 nitrogen and oxygen atoms in total. The lowest BCUT2D eigenvalue weighted by Crippen LogP contribution is -2.08. The van der Waals surface area contributed by atoms with Crippen molar-refractivity contribution in [3.8, 4) is 0 Å². The van der Waals surface area contributed by atoms with Crippen LogP contribution in [0, 0.1) is 6.92 Å². The van der Waals surface area contributed by atoms with Crippen LogP contribution in [-0.4, -0.2) is 20.9 Å². The Morgan fingerprint density at radius 1 is 1.37 bits per heavy atom. The Bertz CT molecular complexity index is 588.